The summed E-state index contributed by atoms with van der Waals surface area (Å²) in [5, 5.41) is 25.4. The van der Waals surface area contributed by atoms with Crippen molar-refractivity contribution in [1.29, 1.82) is 0 Å². The largest absolute Gasteiger partial charge is 0.480 e. The second-order valence-corrected chi connectivity index (χ2v) is 7.90. The summed E-state index contributed by atoms with van der Waals surface area (Å²) >= 11 is 1.46. The van der Waals surface area contributed by atoms with Crippen molar-refractivity contribution >= 4 is 47.3 Å². The van der Waals surface area contributed by atoms with Crippen LogP contribution in [0.3, 0.4) is 0 Å². The SMILES string of the molecule is CSCCC(N)C(=O)NC(C(=O)NC(CC(N)=O)C(=O)NC(CC(N)=O)C(=O)O)C(C)O. The van der Waals surface area contributed by atoms with Gasteiger partial charge in [0.15, 0.2) is 0 Å². The van der Waals surface area contributed by atoms with Crippen molar-refractivity contribution in [2.24, 2.45) is 17.2 Å². The molecule has 0 aliphatic rings. The molecule has 0 spiro atoms. The van der Waals surface area contributed by atoms with E-state index < -0.39 is 78.6 Å². The minimum absolute atomic E-state index is 0.310. The van der Waals surface area contributed by atoms with Crippen LogP contribution in [0, 0.1) is 0 Å². The zero-order valence-electron chi connectivity index (χ0n) is 17.7. The highest BCUT2D eigenvalue weighted by Crippen LogP contribution is 2.03. The van der Waals surface area contributed by atoms with Crippen LogP contribution in [0.25, 0.3) is 0 Å². The number of carbonyl (C=O) groups excluding carboxylic acids is 5. The number of nitrogens with one attached hydrogen (secondary N) is 3. The van der Waals surface area contributed by atoms with Crippen molar-refractivity contribution in [3.8, 4) is 0 Å². The van der Waals surface area contributed by atoms with E-state index in [2.05, 4.69) is 10.6 Å². The second kappa shape index (κ2) is 14.2. The van der Waals surface area contributed by atoms with Gasteiger partial charge in [-0.25, -0.2) is 4.79 Å². The fraction of sp³-hybridized carbons (Fsp3) is 0.647. The number of carbonyl (C=O) groups is 6. The van der Waals surface area contributed by atoms with Gasteiger partial charge >= 0.3 is 5.97 Å². The summed E-state index contributed by atoms with van der Waals surface area (Å²) in [6, 6.07) is -5.86. The van der Waals surface area contributed by atoms with Gasteiger partial charge in [0, 0.05) is 0 Å². The van der Waals surface area contributed by atoms with E-state index in [0.29, 0.717) is 12.2 Å². The third-order valence-corrected chi connectivity index (χ3v) is 4.73. The van der Waals surface area contributed by atoms with E-state index in [4.69, 9.17) is 22.3 Å². The van der Waals surface area contributed by atoms with Gasteiger partial charge in [-0.3, -0.25) is 24.0 Å². The van der Waals surface area contributed by atoms with Crippen LogP contribution in [0.4, 0.5) is 0 Å². The van der Waals surface area contributed by atoms with E-state index in [1.165, 1.54) is 18.7 Å². The quantitative estimate of drug-likeness (QED) is 0.112. The molecule has 5 unspecified atom stereocenters. The Hall–Kier alpha value is -2.91. The summed E-state index contributed by atoms with van der Waals surface area (Å²) in [5.41, 5.74) is 15.8. The minimum Gasteiger partial charge on any atom is -0.480 e. The fourth-order valence-electron chi connectivity index (χ4n) is 2.39. The number of carboxylic acid groups (broad SMARTS) is 1. The van der Waals surface area contributed by atoms with Crippen molar-refractivity contribution in [1.82, 2.24) is 16.0 Å². The smallest absolute Gasteiger partial charge is 0.326 e. The van der Waals surface area contributed by atoms with Crippen LogP contribution in [-0.4, -0.2) is 88.0 Å². The molecule has 0 aliphatic carbocycles. The van der Waals surface area contributed by atoms with Gasteiger partial charge in [-0.15, -0.1) is 0 Å². The summed E-state index contributed by atoms with van der Waals surface area (Å²) in [6.45, 7) is 1.20. The maximum absolute atomic E-state index is 12.6. The molecular weight excluding hydrogens is 448 g/mol. The number of aliphatic carboxylic acids is 1. The first-order valence-corrected chi connectivity index (χ1v) is 10.8. The number of hydrogen-bond donors (Lipinski definition) is 8. The van der Waals surface area contributed by atoms with Crippen molar-refractivity contribution < 1.29 is 39.0 Å². The van der Waals surface area contributed by atoms with Crippen molar-refractivity contribution in [3.63, 3.8) is 0 Å². The number of hydrogen-bond acceptors (Lipinski definition) is 9. The van der Waals surface area contributed by atoms with Gasteiger partial charge in [-0.05, 0) is 25.4 Å². The highest BCUT2D eigenvalue weighted by molar-refractivity contribution is 7.98. The summed E-state index contributed by atoms with van der Waals surface area (Å²) < 4.78 is 0. The number of rotatable bonds is 15. The lowest BCUT2D eigenvalue weighted by Gasteiger charge is -2.26. The molecular formula is C17H30N6O8S. The monoisotopic (exact) mass is 478 g/mol. The molecule has 0 bridgehead atoms. The standard InChI is InChI=1S/C17H30N6O8S/c1-7(24)13(23-14(27)8(18)3-4-32-2)16(29)21-9(5-11(19)25)15(28)22-10(17(30)31)6-12(20)26/h7-10,13,24H,3-6,18H2,1-2H3,(H2,19,25)(H2,20,26)(H,21,29)(H,22,28)(H,23,27)(H,30,31). The predicted molar refractivity (Wildman–Crippen MR) is 114 cm³/mol. The van der Waals surface area contributed by atoms with E-state index >= 15 is 0 Å². The molecule has 0 fully saturated rings. The van der Waals surface area contributed by atoms with Crippen LogP contribution < -0.4 is 33.2 Å². The normalized spacial score (nSPS) is 15.4. The molecule has 5 amide bonds. The number of aliphatic hydroxyl groups is 1. The Morgan fingerprint density at radius 2 is 1.38 bits per heavy atom. The molecule has 0 aromatic carbocycles. The Bertz CT molecular complexity index is 719. The molecule has 0 radical (unpaired) electrons. The molecule has 0 rings (SSSR count). The molecule has 0 saturated heterocycles. The van der Waals surface area contributed by atoms with E-state index in [-0.39, 0.29) is 0 Å². The Morgan fingerprint density at radius 1 is 0.875 bits per heavy atom. The van der Waals surface area contributed by atoms with E-state index in [1.54, 1.807) is 0 Å². The number of aliphatic hydroxyl groups excluding tert-OH is 1. The molecule has 5 atom stereocenters. The molecule has 0 aromatic heterocycles. The van der Waals surface area contributed by atoms with Crippen molar-refractivity contribution in [2.45, 2.75) is 56.5 Å². The van der Waals surface area contributed by atoms with Gasteiger partial charge < -0.3 is 43.4 Å². The van der Waals surface area contributed by atoms with E-state index in [9.17, 15) is 33.9 Å². The topological polar surface area (TPSA) is 257 Å². The van der Waals surface area contributed by atoms with Crippen molar-refractivity contribution in [2.75, 3.05) is 12.0 Å². The van der Waals surface area contributed by atoms with Gasteiger partial charge in [0.1, 0.15) is 18.1 Å². The lowest BCUT2D eigenvalue weighted by Crippen LogP contribution is -2.60. The Balaban J connectivity index is 5.42. The summed E-state index contributed by atoms with van der Waals surface area (Å²) in [6.07, 6.45) is -0.749. The first kappa shape index (κ1) is 29.1. The van der Waals surface area contributed by atoms with Gasteiger partial charge in [0.2, 0.25) is 29.5 Å². The molecule has 0 aromatic rings. The highest BCUT2D eigenvalue weighted by Gasteiger charge is 2.33. The van der Waals surface area contributed by atoms with Gasteiger partial charge in [-0.1, -0.05) is 0 Å². The number of thioether (sulfide) groups is 1. The van der Waals surface area contributed by atoms with Gasteiger partial charge in [0.25, 0.3) is 0 Å². The summed E-state index contributed by atoms with van der Waals surface area (Å²) in [5.74, 6) is -5.92. The van der Waals surface area contributed by atoms with Crippen LogP contribution in [0.2, 0.25) is 0 Å². The minimum atomic E-state index is -1.71. The number of nitrogens with two attached hydrogens (primary N) is 3. The Morgan fingerprint density at radius 3 is 1.81 bits per heavy atom. The third-order valence-electron chi connectivity index (χ3n) is 4.09. The summed E-state index contributed by atoms with van der Waals surface area (Å²) in [4.78, 5) is 70.7. The van der Waals surface area contributed by atoms with Crippen LogP contribution in [0.15, 0.2) is 0 Å². The highest BCUT2D eigenvalue weighted by atomic mass is 32.2. The maximum Gasteiger partial charge on any atom is 0.326 e. The van der Waals surface area contributed by atoms with E-state index in [0.717, 1.165) is 0 Å². The first-order valence-electron chi connectivity index (χ1n) is 9.43. The Labute approximate surface area is 188 Å². The van der Waals surface area contributed by atoms with E-state index in [1.807, 2.05) is 11.6 Å². The fourth-order valence-corrected chi connectivity index (χ4v) is 2.88. The molecule has 0 saturated carbocycles. The van der Waals surface area contributed by atoms with Crippen molar-refractivity contribution in [3.05, 3.63) is 0 Å². The van der Waals surface area contributed by atoms with Crippen LogP contribution in [0.1, 0.15) is 26.2 Å². The average molecular weight is 479 g/mol. The van der Waals surface area contributed by atoms with Gasteiger partial charge in [-0.2, -0.15) is 11.8 Å². The zero-order valence-corrected chi connectivity index (χ0v) is 18.5. The molecule has 15 heteroatoms. The lowest BCUT2D eigenvalue weighted by molar-refractivity contribution is -0.144. The summed E-state index contributed by atoms with van der Waals surface area (Å²) in [7, 11) is 0. The second-order valence-electron chi connectivity index (χ2n) is 6.92. The first-order chi connectivity index (χ1) is 14.8. The molecule has 11 N–H and O–H groups in total. The molecule has 182 valence electrons. The van der Waals surface area contributed by atoms with Crippen LogP contribution in [0.5, 0.6) is 0 Å². The third kappa shape index (κ3) is 10.9. The number of carboxylic acids is 1. The lowest BCUT2D eigenvalue weighted by atomic mass is 10.1. The number of primary amides is 2. The maximum atomic E-state index is 12.6. The molecule has 32 heavy (non-hydrogen) atoms. The van der Waals surface area contributed by atoms with Crippen LogP contribution >= 0.6 is 11.8 Å². The molecule has 0 aliphatic heterocycles. The van der Waals surface area contributed by atoms with Gasteiger partial charge in [0.05, 0.1) is 25.0 Å². The predicted octanol–water partition coefficient (Wildman–Crippen LogP) is -4.26. The molecule has 14 nitrogen and oxygen atoms in total. The Kier molecular flexibility index (Phi) is 12.9. The van der Waals surface area contributed by atoms with Crippen LogP contribution in [-0.2, 0) is 28.8 Å². The number of amides is 5. The zero-order chi connectivity index (χ0) is 25.0. The average Bonchev–Trinajstić information content (AvgIpc) is 2.67. The molecule has 0 heterocycles.